The molecule has 6 nitrogen and oxygen atoms in total. The summed E-state index contributed by atoms with van der Waals surface area (Å²) in [5.74, 6) is -0.715. The number of amides is 3. The van der Waals surface area contributed by atoms with E-state index in [0.717, 1.165) is 41.5 Å². The van der Waals surface area contributed by atoms with Crippen LogP contribution in [0.4, 0.5) is 4.39 Å². The molecule has 260 valence electrons. The third-order valence-electron chi connectivity index (χ3n) is 11.1. The Morgan fingerprint density at radius 3 is 2.00 bits per heavy atom. The van der Waals surface area contributed by atoms with Crippen molar-refractivity contribution in [1.82, 2.24) is 15.5 Å². The van der Waals surface area contributed by atoms with E-state index >= 15 is 0 Å². The number of halogens is 1. The van der Waals surface area contributed by atoms with Gasteiger partial charge in [0.2, 0.25) is 11.8 Å². The van der Waals surface area contributed by atoms with Crippen molar-refractivity contribution in [2.24, 2.45) is 10.8 Å². The number of hydrogen-bond acceptors (Lipinski definition) is 3. The molecule has 3 aliphatic rings. The molecule has 0 radical (unpaired) electrons. The van der Waals surface area contributed by atoms with Crippen LogP contribution in [-0.2, 0) is 21.5 Å². The molecule has 4 aromatic rings. The first-order valence-electron chi connectivity index (χ1n) is 17.7. The van der Waals surface area contributed by atoms with E-state index in [4.69, 9.17) is 0 Å². The summed E-state index contributed by atoms with van der Waals surface area (Å²) in [6.45, 7) is 7.44. The summed E-state index contributed by atoms with van der Waals surface area (Å²) in [6, 6.07) is 30.8. The van der Waals surface area contributed by atoms with E-state index in [-0.39, 0.29) is 34.4 Å². The van der Waals surface area contributed by atoms with Gasteiger partial charge in [-0.1, -0.05) is 106 Å². The summed E-state index contributed by atoms with van der Waals surface area (Å²) in [5.41, 5.74) is 4.83. The standard InChI is InChI=1S/C43H48FN3O3/c1-41(2,3)33-18-16-31(17-19-33)35-12-8-9-13-36(35)38(48)45-29-42-22-25-43(26-23-42,27-24-42)40(50)46-37(32-10-6-5-7-11-32)39(49)47(4)28-30-14-20-34(44)21-15-30/h5-21,37H,22-29H2,1-4H3,(H,45,48)(H,46,50). The van der Waals surface area contributed by atoms with Crippen molar-refractivity contribution in [1.29, 1.82) is 0 Å². The maximum Gasteiger partial charge on any atom is 0.251 e. The van der Waals surface area contributed by atoms with Gasteiger partial charge in [-0.15, -0.1) is 0 Å². The monoisotopic (exact) mass is 673 g/mol. The van der Waals surface area contributed by atoms with Crippen LogP contribution in [0.5, 0.6) is 0 Å². The molecule has 0 heterocycles. The molecule has 1 unspecified atom stereocenters. The lowest BCUT2D eigenvalue weighted by molar-refractivity contribution is -0.145. The molecule has 0 spiro atoms. The van der Waals surface area contributed by atoms with Crippen LogP contribution in [0, 0.1) is 16.6 Å². The van der Waals surface area contributed by atoms with Crippen molar-refractivity contribution in [3.8, 4) is 11.1 Å². The molecule has 0 aliphatic heterocycles. The van der Waals surface area contributed by atoms with Gasteiger partial charge in [-0.05, 0) is 95.4 Å². The lowest BCUT2D eigenvalue weighted by Gasteiger charge is -2.52. The van der Waals surface area contributed by atoms with E-state index in [0.29, 0.717) is 37.9 Å². The lowest BCUT2D eigenvalue weighted by Crippen LogP contribution is -2.54. The Morgan fingerprint density at radius 2 is 1.38 bits per heavy atom. The Bertz CT molecular complexity index is 1810. The molecule has 4 aromatic carbocycles. The van der Waals surface area contributed by atoms with Crippen molar-refractivity contribution < 1.29 is 18.8 Å². The molecule has 7 rings (SSSR count). The Labute approximate surface area is 295 Å². The molecule has 0 saturated heterocycles. The average Bonchev–Trinajstić information content (AvgIpc) is 3.14. The van der Waals surface area contributed by atoms with Crippen LogP contribution in [-0.4, -0.2) is 36.2 Å². The van der Waals surface area contributed by atoms with Gasteiger partial charge in [0.05, 0.1) is 0 Å². The predicted molar refractivity (Wildman–Crippen MR) is 196 cm³/mol. The van der Waals surface area contributed by atoms with Crippen LogP contribution in [0.2, 0.25) is 0 Å². The minimum Gasteiger partial charge on any atom is -0.351 e. The van der Waals surface area contributed by atoms with Gasteiger partial charge in [0.25, 0.3) is 5.91 Å². The quantitative estimate of drug-likeness (QED) is 0.178. The summed E-state index contributed by atoms with van der Waals surface area (Å²) in [4.78, 5) is 43.1. The predicted octanol–water partition coefficient (Wildman–Crippen LogP) is 8.38. The first kappa shape index (κ1) is 35.1. The van der Waals surface area contributed by atoms with Crippen LogP contribution in [0.15, 0.2) is 103 Å². The van der Waals surface area contributed by atoms with Crippen molar-refractivity contribution in [3.05, 3.63) is 131 Å². The number of benzene rings is 4. The van der Waals surface area contributed by atoms with Crippen molar-refractivity contribution >= 4 is 17.7 Å². The van der Waals surface area contributed by atoms with E-state index in [1.54, 1.807) is 24.1 Å². The molecule has 50 heavy (non-hydrogen) atoms. The van der Waals surface area contributed by atoms with Crippen molar-refractivity contribution in [3.63, 3.8) is 0 Å². The van der Waals surface area contributed by atoms with Crippen LogP contribution < -0.4 is 10.6 Å². The third-order valence-corrected chi connectivity index (χ3v) is 11.1. The SMILES string of the molecule is CN(Cc1ccc(F)cc1)C(=O)C(NC(=O)C12CCC(CNC(=O)c3ccccc3-c3ccc(C(C)(C)C)cc3)(CC1)CC2)c1ccccc1. The summed E-state index contributed by atoms with van der Waals surface area (Å²) >= 11 is 0. The molecule has 3 fully saturated rings. The number of nitrogens with zero attached hydrogens (tertiary/aromatic N) is 1. The molecule has 1 atom stereocenters. The van der Waals surface area contributed by atoms with Crippen molar-refractivity contribution in [2.75, 3.05) is 13.6 Å². The summed E-state index contributed by atoms with van der Waals surface area (Å²) in [7, 11) is 1.71. The fraction of sp³-hybridized carbons (Fsp3) is 0.372. The maximum absolute atomic E-state index is 14.1. The maximum atomic E-state index is 14.1. The first-order valence-corrected chi connectivity index (χ1v) is 17.7. The van der Waals surface area contributed by atoms with E-state index in [1.807, 2.05) is 54.6 Å². The molecule has 0 aromatic heterocycles. The van der Waals surface area contributed by atoms with E-state index in [1.165, 1.54) is 17.7 Å². The number of nitrogens with one attached hydrogen (secondary N) is 2. The highest BCUT2D eigenvalue weighted by atomic mass is 19.1. The summed E-state index contributed by atoms with van der Waals surface area (Å²) in [6.07, 6.45) is 4.66. The Morgan fingerprint density at radius 1 is 0.780 bits per heavy atom. The highest BCUT2D eigenvalue weighted by Crippen LogP contribution is 2.57. The fourth-order valence-electron chi connectivity index (χ4n) is 7.69. The van der Waals surface area contributed by atoms with Crippen LogP contribution >= 0.6 is 0 Å². The molecule has 3 aliphatic carbocycles. The normalized spacial score (nSPS) is 20.5. The third kappa shape index (κ3) is 7.52. The van der Waals surface area contributed by atoms with Crippen LogP contribution in [0.25, 0.3) is 11.1 Å². The molecular formula is C43H48FN3O3. The van der Waals surface area contributed by atoms with Gasteiger partial charge >= 0.3 is 0 Å². The number of rotatable bonds is 10. The van der Waals surface area contributed by atoms with Gasteiger partial charge in [0, 0.05) is 31.1 Å². The number of carbonyl (C=O) groups is 3. The Hall–Kier alpha value is -4.78. The largest absolute Gasteiger partial charge is 0.351 e. The lowest BCUT2D eigenvalue weighted by atomic mass is 9.53. The second kappa shape index (κ2) is 14.2. The molecule has 2 bridgehead atoms. The van der Waals surface area contributed by atoms with E-state index in [2.05, 4.69) is 55.7 Å². The topological polar surface area (TPSA) is 78.5 Å². The number of fused-ring (bicyclic) bond motifs is 3. The second-order valence-corrected chi connectivity index (χ2v) is 15.5. The Balaban J connectivity index is 1.10. The molecule has 3 amide bonds. The first-order chi connectivity index (χ1) is 23.9. The smallest absolute Gasteiger partial charge is 0.251 e. The zero-order valence-corrected chi connectivity index (χ0v) is 29.6. The molecule has 2 N–H and O–H groups in total. The van der Waals surface area contributed by atoms with Gasteiger partial charge in [-0.2, -0.15) is 0 Å². The molecule has 7 heteroatoms. The van der Waals surface area contributed by atoms with Crippen LogP contribution in [0.1, 0.15) is 92.4 Å². The summed E-state index contributed by atoms with van der Waals surface area (Å²) < 4.78 is 13.5. The van der Waals surface area contributed by atoms with Gasteiger partial charge < -0.3 is 15.5 Å². The van der Waals surface area contributed by atoms with E-state index in [9.17, 15) is 18.8 Å². The second-order valence-electron chi connectivity index (χ2n) is 15.5. The van der Waals surface area contributed by atoms with Crippen molar-refractivity contribution in [2.45, 2.75) is 77.3 Å². The van der Waals surface area contributed by atoms with Crippen LogP contribution in [0.3, 0.4) is 0 Å². The fourth-order valence-corrected chi connectivity index (χ4v) is 7.69. The molecule has 3 saturated carbocycles. The molecular weight excluding hydrogens is 625 g/mol. The zero-order valence-electron chi connectivity index (χ0n) is 29.6. The number of hydrogen-bond donors (Lipinski definition) is 2. The Kier molecular flexibility index (Phi) is 9.97. The number of carbonyl (C=O) groups excluding carboxylic acids is 3. The zero-order chi connectivity index (χ0) is 35.5. The average molecular weight is 674 g/mol. The van der Waals surface area contributed by atoms with Gasteiger partial charge in [-0.3, -0.25) is 14.4 Å². The highest BCUT2D eigenvalue weighted by molar-refractivity contribution is 6.01. The van der Waals surface area contributed by atoms with E-state index < -0.39 is 11.5 Å². The highest BCUT2D eigenvalue weighted by Gasteiger charge is 2.53. The minimum atomic E-state index is -0.832. The van der Waals surface area contributed by atoms with Gasteiger partial charge in [0.15, 0.2) is 0 Å². The number of likely N-dealkylation sites (N-methyl/N-ethyl adjacent to an activating group) is 1. The minimum absolute atomic E-state index is 0.0506. The summed E-state index contributed by atoms with van der Waals surface area (Å²) in [5, 5.41) is 6.42. The van der Waals surface area contributed by atoms with Gasteiger partial charge in [0.1, 0.15) is 11.9 Å². The van der Waals surface area contributed by atoms with Gasteiger partial charge in [-0.25, -0.2) is 4.39 Å².